The zero-order chi connectivity index (χ0) is 36.4. The van der Waals surface area contributed by atoms with Crippen LogP contribution in [0.1, 0.15) is 74.7 Å². The average molecular weight is 634 g/mol. The van der Waals surface area contributed by atoms with E-state index in [1.807, 2.05) is 67.8 Å². The van der Waals surface area contributed by atoms with Crippen LogP contribution in [0.2, 0.25) is 0 Å². The summed E-state index contributed by atoms with van der Waals surface area (Å²) < 4.78 is 0. The predicted octanol–water partition coefficient (Wildman–Crippen LogP) is 1.97. The van der Waals surface area contributed by atoms with Gasteiger partial charge in [-0.2, -0.15) is 5.10 Å². The number of amides is 5. The number of hydrogen-bond donors (Lipinski definition) is 8. The molecule has 0 bridgehead atoms. The van der Waals surface area contributed by atoms with Gasteiger partial charge in [-0.05, 0) is 33.4 Å². The first-order chi connectivity index (χ1) is 20.5. The van der Waals surface area contributed by atoms with Crippen molar-refractivity contribution in [3.05, 3.63) is 12.3 Å². The van der Waals surface area contributed by atoms with Crippen molar-refractivity contribution in [1.29, 1.82) is 0 Å². The first-order valence-electron chi connectivity index (χ1n) is 14.2. The molecule has 15 heteroatoms. The van der Waals surface area contributed by atoms with Gasteiger partial charge < -0.3 is 43.1 Å². The Bertz CT molecular complexity index is 723. The number of nitrogens with two attached hydrogens (primary N) is 1. The minimum absolute atomic E-state index is 0.0810. The van der Waals surface area contributed by atoms with Crippen LogP contribution in [-0.4, -0.2) is 98.5 Å². The molecule has 0 spiro atoms. The van der Waals surface area contributed by atoms with Crippen molar-refractivity contribution >= 4 is 42.1 Å². The summed E-state index contributed by atoms with van der Waals surface area (Å²) in [6.07, 6.45) is 9.27. The number of nitrogens with zero attached hydrogens (tertiary/aromatic N) is 3. The Morgan fingerprint density at radius 2 is 1.23 bits per heavy atom. The molecular weight excluding hydrogens is 566 g/mol. The lowest BCUT2D eigenvalue weighted by molar-refractivity contribution is -0.128. The first kappa shape index (κ1) is 55.7. The molecule has 0 aromatic carbocycles. The maximum atomic E-state index is 10.7. The molecule has 262 valence electrons. The van der Waals surface area contributed by atoms with E-state index in [9.17, 15) is 19.2 Å². The van der Waals surface area contributed by atoms with E-state index in [0.717, 1.165) is 6.42 Å². The van der Waals surface area contributed by atoms with Gasteiger partial charge in [-0.3, -0.25) is 19.4 Å². The van der Waals surface area contributed by atoms with Crippen LogP contribution in [0.25, 0.3) is 0 Å². The van der Waals surface area contributed by atoms with Gasteiger partial charge in [0.1, 0.15) is 0 Å². The van der Waals surface area contributed by atoms with Crippen LogP contribution in [0, 0.1) is 5.41 Å². The van der Waals surface area contributed by atoms with Gasteiger partial charge in [0, 0.05) is 87.1 Å². The molecule has 0 aliphatic rings. The van der Waals surface area contributed by atoms with Gasteiger partial charge in [0.25, 0.3) is 0 Å². The van der Waals surface area contributed by atoms with Gasteiger partial charge >= 0.3 is 6.03 Å². The normalized spacial score (nSPS) is 9.50. The minimum Gasteiger partial charge on any atom is -0.394 e. The lowest BCUT2D eigenvalue weighted by Crippen LogP contribution is -2.31. The van der Waals surface area contributed by atoms with E-state index in [0.29, 0.717) is 18.8 Å². The lowest BCUT2D eigenvalue weighted by atomic mass is 9.96. The number of aliphatic imine (C=N–C) groups is 2. The second kappa shape index (κ2) is 48.6. The topological polar surface area (TPSA) is 216 Å². The highest BCUT2D eigenvalue weighted by atomic mass is 16.2. The molecule has 0 saturated carbocycles. The van der Waals surface area contributed by atoms with Crippen molar-refractivity contribution in [3.63, 3.8) is 0 Å². The molecular formula is C29H67N11O4. The third kappa shape index (κ3) is 76.9. The van der Waals surface area contributed by atoms with E-state index in [-0.39, 0.29) is 29.2 Å². The Hall–Kier alpha value is -4.17. The van der Waals surface area contributed by atoms with Crippen molar-refractivity contribution in [2.24, 2.45) is 26.2 Å². The van der Waals surface area contributed by atoms with E-state index in [1.165, 1.54) is 0 Å². The van der Waals surface area contributed by atoms with Crippen molar-refractivity contribution in [3.8, 4) is 0 Å². The van der Waals surface area contributed by atoms with Crippen molar-refractivity contribution in [2.45, 2.75) is 74.7 Å². The first-order valence-corrected chi connectivity index (χ1v) is 14.2. The third-order valence-corrected chi connectivity index (χ3v) is 3.80. The number of hydrazone groups is 1. The lowest BCUT2D eigenvalue weighted by Gasteiger charge is -2.14. The number of guanidine groups is 1. The summed E-state index contributed by atoms with van der Waals surface area (Å²) in [6.45, 7) is 15.1. The molecule has 0 rings (SSSR count). The molecule has 0 heterocycles. The molecule has 0 aliphatic heterocycles. The summed E-state index contributed by atoms with van der Waals surface area (Å²) in [6, 6.07) is -0.157. The van der Waals surface area contributed by atoms with Crippen molar-refractivity contribution in [1.82, 2.24) is 37.3 Å². The number of hydrogen-bond acceptors (Lipinski definition) is 8. The maximum absolute atomic E-state index is 10.7. The molecule has 0 aromatic heterocycles. The fraction of sp³-hybridized carbons (Fsp3) is 0.690. The zero-order valence-electron chi connectivity index (χ0n) is 30.5. The van der Waals surface area contributed by atoms with Crippen LogP contribution in [-0.2, 0) is 14.4 Å². The molecule has 0 radical (unpaired) electrons. The number of carbonyl (C=O) groups is 4. The standard InChI is InChI=1S/C6H13NO.C5H11NO.C4H9N3.C4H9NO.C4H9N.C3H8N2O.C3H8N2/c1-6(2,3)5(8)7-4;1-3-4-5(7)6-2;1-3-7-4(5)6-2;1-3-4(6)5-2;1-3-4-5-2;1-4-3(6)5-2;1-3-5-4-2/h1-4H3,(H,7,8);3-4H2,1-2H3,(H,6,7);3H,1-2H3,(H2,5,6);3H2,1-2H3,(H,5,6);3-5H,1-2H3;1-2H3,(H2,4,5,6);3-4H,1-2H3/b;;;;4-3-;;5-3-. The molecule has 44 heavy (non-hydrogen) atoms. The molecule has 0 unspecified atom stereocenters. The zero-order valence-corrected chi connectivity index (χ0v) is 30.5. The predicted molar refractivity (Wildman–Crippen MR) is 189 cm³/mol. The summed E-state index contributed by atoms with van der Waals surface area (Å²) in [4.78, 5) is 48.3. The second-order valence-corrected chi connectivity index (χ2v) is 8.48. The van der Waals surface area contributed by atoms with Crippen molar-refractivity contribution < 1.29 is 19.2 Å². The summed E-state index contributed by atoms with van der Waals surface area (Å²) in [5.41, 5.74) is 7.48. The smallest absolute Gasteiger partial charge is 0.314 e. The van der Waals surface area contributed by atoms with Crippen LogP contribution >= 0.6 is 0 Å². The van der Waals surface area contributed by atoms with Gasteiger partial charge in [0.15, 0.2) is 0 Å². The van der Waals surface area contributed by atoms with Gasteiger partial charge in [0.05, 0.1) is 0 Å². The molecule has 9 N–H and O–H groups in total. The number of urea groups is 1. The third-order valence-electron chi connectivity index (χ3n) is 3.80. The van der Waals surface area contributed by atoms with Gasteiger partial charge in [-0.15, -0.1) is 0 Å². The minimum atomic E-state index is -0.241. The molecule has 0 fully saturated rings. The largest absolute Gasteiger partial charge is 0.394 e. The molecule has 0 aliphatic carbocycles. The Kier molecular flexibility index (Phi) is 61.5. The molecule has 0 saturated heterocycles. The van der Waals surface area contributed by atoms with E-state index < -0.39 is 0 Å². The fourth-order valence-electron chi connectivity index (χ4n) is 1.51. The molecule has 15 nitrogen and oxygen atoms in total. The van der Waals surface area contributed by atoms with Crippen LogP contribution in [0.15, 0.2) is 27.4 Å². The van der Waals surface area contributed by atoms with Gasteiger partial charge in [0.2, 0.25) is 23.7 Å². The Morgan fingerprint density at radius 3 is 1.27 bits per heavy atom. The summed E-state index contributed by atoms with van der Waals surface area (Å²) >= 11 is 0. The number of allylic oxidation sites excluding steroid dienone is 1. The molecule has 5 amide bonds. The highest BCUT2D eigenvalue weighted by Gasteiger charge is 2.18. The number of nitrogens with one attached hydrogen (secondary N) is 7. The molecule has 0 atom stereocenters. The van der Waals surface area contributed by atoms with Crippen molar-refractivity contribution in [2.75, 3.05) is 56.4 Å². The number of rotatable bonds is 5. The van der Waals surface area contributed by atoms with E-state index >= 15 is 0 Å². The highest BCUT2D eigenvalue weighted by molar-refractivity contribution is 5.85. The van der Waals surface area contributed by atoms with Crippen LogP contribution in [0.4, 0.5) is 4.79 Å². The quantitative estimate of drug-likeness (QED) is 0.128. The van der Waals surface area contributed by atoms with E-state index in [2.05, 4.69) is 52.4 Å². The summed E-state index contributed by atoms with van der Waals surface area (Å²) in [5, 5.41) is 18.7. The maximum Gasteiger partial charge on any atom is 0.314 e. The van der Waals surface area contributed by atoms with Crippen LogP contribution in [0.3, 0.4) is 0 Å². The van der Waals surface area contributed by atoms with Crippen LogP contribution in [0.5, 0.6) is 0 Å². The fourth-order valence-corrected chi connectivity index (χ4v) is 1.51. The Labute approximate surface area is 268 Å². The molecule has 0 aromatic rings. The van der Waals surface area contributed by atoms with Gasteiger partial charge in [-0.1, -0.05) is 40.7 Å². The van der Waals surface area contributed by atoms with Gasteiger partial charge in [-0.25, -0.2) is 9.79 Å². The summed E-state index contributed by atoms with van der Waals surface area (Å²) in [7, 11) is 13.3. The Morgan fingerprint density at radius 1 is 0.750 bits per heavy atom. The highest BCUT2D eigenvalue weighted by Crippen LogP contribution is 2.11. The SMILES string of the molecule is C/C=C\NC.C/C=N\NC.CC=NC(N)=NC.CCC(=O)NC.CCCC(=O)NC.CNC(=O)C(C)(C)C.CNC(=O)NC. The summed E-state index contributed by atoms with van der Waals surface area (Å²) in [5.74, 6) is 0.623. The van der Waals surface area contributed by atoms with E-state index in [4.69, 9.17) is 5.73 Å². The number of carbonyl (C=O) groups excluding carboxylic acids is 4. The Balaban J connectivity index is -0.0000000730. The van der Waals surface area contributed by atoms with E-state index in [1.54, 1.807) is 68.7 Å². The monoisotopic (exact) mass is 634 g/mol. The average Bonchev–Trinajstić information content (AvgIpc) is 3.02. The second-order valence-electron chi connectivity index (χ2n) is 8.48. The van der Waals surface area contributed by atoms with Crippen LogP contribution < -0.4 is 43.1 Å².